The Morgan fingerprint density at radius 1 is 1.27 bits per heavy atom. The van der Waals surface area contributed by atoms with Crippen LogP contribution < -0.4 is 4.74 Å². The molecular formula is C13H18O2. The largest absolute Gasteiger partial charge is 0.487 e. The summed E-state index contributed by atoms with van der Waals surface area (Å²) in [7, 11) is 0. The normalized spacial score (nSPS) is 25.5. The van der Waals surface area contributed by atoms with Crippen molar-refractivity contribution in [2.24, 2.45) is 0 Å². The van der Waals surface area contributed by atoms with Gasteiger partial charge in [-0.15, -0.1) is 0 Å². The van der Waals surface area contributed by atoms with Crippen LogP contribution in [0.2, 0.25) is 0 Å². The van der Waals surface area contributed by atoms with E-state index in [4.69, 9.17) is 4.74 Å². The molecular weight excluding hydrogens is 188 g/mol. The number of hydrogen-bond donors (Lipinski definition) is 1. The smallest absolute Gasteiger partial charge is 0.124 e. The average Bonchev–Trinajstić information content (AvgIpc) is 2.60. The number of hydrogen-bond acceptors (Lipinski definition) is 2. The zero-order valence-corrected chi connectivity index (χ0v) is 9.36. The third-order valence-corrected chi connectivity index (χ3v) is 3.25. The van der Waals surface area contributed by atoms with Crippen molar-refractivity contribution < 1.29 is 9.84 Å². The first kappa shape index (κ1) is 10.5. The lowest BCUT2D eigenvalue weighted by molar-refractivity contribution is 0.0599. The highest BCUT2D eigenvalue weighted by atomic mass is 16.5. The fraction of sp³-hybridized carbons (Fsp3) is 0.538. The number of aryl methyl sites for hydroxylation is 1. The van der Waals surface area contributed by atoms with Crippen LogP contribution >= 0.6 is 0 Å². The fourth-order valence-electron chi connectivity index (χ4n) is 2.06. The zero-order valence-electron chi connectivity index (χ0n) is 9.36. The molecule has 82 valence electrons. The van der Waals surface area contributed by atoms with Gasteiger partial charge in [-0.3, -0.25) is 0 Å². The summed E-state index contributed by atoms with van der Waals surface area (Å²) >= 11 is 0. The van der Waals surface area contributed by atoms with Gasteiger partial charge in [-0.05, 0) is 50.3 Å². The quantitative estimate of drug-likeness (QED) is 0.806. The molecule has 1 fully saturated rings. The van der Waals surface area contributed by atoms with Crippen LogP contribution in [-0.4, -0.2) is 17.3 Å². The van der Waals surface area contributed by atoms with E-state index in [-0.39, 0.29) is 12.2 Å². The van der Waals surface area contributed by atoms with E-state index in [0.717, 1.165) is 25.0 Å². The van der Waals surface area contributed by atoms with Gasteiger partial charge in [-0.25, -0.2) is 0 Å². The molecule has 1 aromatic carbocycles. The van der Waals surface area contributed by atoms with Gasteiger partial charge in [0.25, 0.3) is 0 Å². The SMILES string of the molecule is Cc1cccc(O[C@@H]2CCC[C@H]2O)c1C. The zero-order chi connectivity index (χ0) is 10.8. The minimum absolute atomic E-state index is 0.00880. The summed E-state index contributed by atoms with van der Waals surface area (Å²) in [6.07, 6.45) is 2.61. The van der Waals surface area contributed by atoms with Crippen molar-refractivity contribution in [3.8, 4) is 5.75 Å². The molecule has 1 aromatic rings. The molecule has 0 amide bonds. The van der Waals surface area contributed by atoms with Gasteiger partial charge >= 0.3 is 0 Å². The van der Waals surface area contributed by atoms with Crippen LogP contribution in [0.1, 0.15) is 30.4 Å². The first-order chi connectivity index (χ1) is 7.18. The summed E-state index contributed by atoms with van der Waals surface area (Å²) < 4.78 is 5.85. The summed E-state index contributed by atoms with van der Waals surface area (Å²) in [4.78, 5) is 0. The predicted octanol–water partition coefficient (Wildman–Crippen LogP) is 2.60. The second kappa shape index (κ2) is 4.23. The summed E-state index contributed by atoms with van der Waals surface area (Å²) in [6, 6.07) is 6.06. The molecule has 0 bridgehead atoms. The molecule has 0 aromatic heterocycles. The first-order valence-corrected chi connectivity index (χ1v) is 5.59. The molecule has 1 aliphatic carbocycles. The molecule has 2 heteroatoms. The van der Waals surface area contributed by atoms with Crippen LogP contribution in [0.25, 0.3) is 0 Å². The molecule has 0 radical (unpaired) electrons. The highest BCUT2D eigenvalue weighted by Crippen LogP contribution is 2.27. The molecule has 0 saturated heterocycles. The number of ether oxygens (including phenoxy) is 1. The van der Waals surface area contributed by atoms with E-state index >= 15 is 0 Å². The van der Waals surface area contributed by atoms with Crippen LogP contribution in [0.4, 0.5) is 0 Å². The Morgan fingerprint density at radius 3 is 2.73 bits per heavy atom. The van der Waals surface area contributed by atoms with E-state index in [1.54, 1.807) is 0 Å². The molecule has 2 nitrogen and oxygen atoms in total. The third-order valence-electron chi connectivity index (χ3n) is 3.25. The average molecular weight is 206 g/mol. The standard InChI is InChI=1S/C13H18O2/c1-9-5-3-7-12(10(9)2)15-13-8-4-6-11(13)14/h3,5,7,11,13-14H,4,6,8H2,1-2H3/t11-,13-/m1/s1. The van der Waals surface area contributed by atoms with Crippen molar-refractivity contribution in [3.63, 3.8) is 0 Å². The summed E-state index contributed by atoms with van der Waals surface area (Å²) in [5.41, 5.74) is 2.41. The Bertz CT molecular complexity index is 346. The molecule has 0 heterocycles. The van der Waals surface area contributed by atoms with Crippen LogP contribution in [-0.2, 0) is 0 Å². The Morgan fingerprint density at radius 2 is 2.07 bits per heavy atom. The van der Waals surface area contributed by atoms with E-state index in [1.807, 2.05) is 12.1 Å². The predicted molar refractivity (Wildman–Crippen MR) is 60.2 cm³/mol. The highest BCUT2D eigenvalue weighted by Gasteiger charge is 2.27. The van der Waals surface area contributed by atoms with Gasteiger partial charge in [-0.2, -0.15) is 0 Å². The van der Waals surface area contributed by atoms with Gasteiger partial charge in [0.15, 0.2) is 0 Å². The lowest BCUT2D eigenvalue weighted by Gasteiger charge is -2.19. The second-order valence-electron chi connectivity index (χ2n) is 4.35. The number of aliphatic hydroxyl groups excluding tert-OH is 1. The van der Waals surface area contributed by atoms with E-state index < -0.39 is 0 Å². The molecule has 2 atom stereocenters. The first-order valence-electron chi connectivity index (χ1n) is 5.59. The Balaban J connectivity index is 2.13. The summed E-state index contributed by atoms with van der Waals surface area (Å²) in [6.45, 7) is 4.14. The molecule has 1 aliphatic rings. The maximum atomic E-state index is 9.69. The summed E-state index contributed by atoms with van der Waals surface area (Å²) in [5.74, 6) is 0.918. The van der Waals surface area contributed by atoms with Crippen LogP contribution in [0, 0.1) is 13.8 Å². The topological polar surface area (TPSA) is 29.5 Å². The monoisotopic (exact) mass is 206 g/mol. The molecule has 15 heavy (non-hydrogen) atoms. The fourth-order valence-corrected chi connectivity index (χ4v) is 2.06. The van der Waals surface area contributed by atoms with Gasteiger partial charge in [0.05, 0.1) is 6.10 Å². The summed E-state index contributed by atoms with van der Waals surface area (Å²) in [5, 5.41) is 9.69. The highest BCUT2D eigenvalue weighted by molar-refractivity contribution is 5.38. The van der Waals surface area contributed by atoms with Gasteiger partial charge in [0.1, 0.15) is 11.9 Å². The van der Waals surface area contributed by atoms with Gasteiger partial charge in [0.2, 0.25) is 0 Å². The van der Waals surface area contributed by atoms with E-state index in [1.165, 1.54) is 11.1 Å². The van der Waals surface area contributed by atoms with Crippen LogP contribution in [0.5, 0.6) is 5.75 Å². The van der Waals surface area contributed by atoms with E-state index in [2.05, 4.69) is 19.9 Å². The van der Waals surface area contributed by atoms with Gasteiger partial charge in [-0.1, -0.05) is 12.1 Å². The van der Waals surface area contributed by atoms with Crippen molar-refractivity contribution in [1.82, 2.24) is 0 Å². The van der Waals surface area contributed by atoms with Crippen molar-refractivity contribution in [3.05, 3.63) is 29.3 Å². The Labute approximate surface area is 90.9 Å². The van der Waals surface area contributed by atoms with Crippen LogP contribution in [0.3, 0.4) is 0 Å². The van der Waals surface area contributed by atoms with Crippen LogP contribution in [0.15, 0.2) is 18.2 Å². The van der Waals surface area contributed by atoms with Gasteiger partial charge in [0, 0.05) is 0 Å². The number of rotatable bonds is 2. The number of benzene rings is 1. The lowest BCUT2D eigenvalue weighted by Crippen LogP contribution is -2.25. The lowest BCUT2D eigenvalue weighted by atomic mass is 10.1. The maximum absolute atomic E-state index is 9.69. The molecule has 2 rings (SSSR count). The number of aliphatic hydroxyl groups is 1. The van der Waals surface area contributed by atoms with Gasteiger partial charge < -0.3 is 9.84 Å². The van der Waals surface area contributed by atoms with E-state index in [9.17, 15) is 5.11 Å². The minimum Gasteiger partial charge on any atom is -0.487 e. The second-order valence-corrected chi connectivity index (χ2v) is 4.35. The maximum Gasteiger partial charge on any atom is 0.124 e. The van der Waals surface area contributed by atoms with E-state index in [0.29, 0.717) is 0 Å². The van der Waals surface area contributed by atoms with Crippen molar-refractivity contribution in [2.45, 2.75) is 45.3 Å². The molecule has 1 N–H and O–H groups in total. The molecule has 0 spiro atoms. The minimum atomic E-state index is -0.287. The molecule has 0 unspecified atom stereocenters. The van der Waals surface area contributed by atoms with Crippen molar-refractivity contribution in [1.29, 1.82) is 0 Å². The Kier molecular flexibility index (Phi) is 2.96. The molecule has 1 saturated carbocycles. The van der Waals surface area contributed by atoms with Crippen molar-refractivity contribution in [2.75, 3.05) is 0 Å². The Hall–Kier alpha value is -1.02. The third kappa shape index (κ3) is 2.15. The molecule has 0 aliphatic heterocycles. The van der Waals surface area contributed by atoms with Crippen molar-refractivity contribution >= 4 is 0 Å².